The van der Waals surface area contributed by atoms with Gasteiger partial charge in [-0.25, -0.2) is 8.42 Å². The van der Waals surface area contributed by atoms with Crippen molar-refractivity contribution in [2.45, 2.75) is 12.8 Å². The van der Waals surface area contributed by atoms with Crippen molar-refractivity contribution < 1.29 is 8.42 Å². The summed E-state index contributed by atoms with van der Waals surface area (Å²) >= 11 is 0. The van der Waals surface area contributed by atoms with Crippen molar-refractivity contribution in [3.05, 3.63) is 6.92 Å². The highest BCUT2D eigenvalue weighted by Crippen LogP contribution is 2.20. The fourth-order valence-electron chi connectivity index (χ4n) is 1.10. The van der Waals surface area contributed by atoms with E-state index in [1.807, 2.05) is 0 Å². The van der Waals surface area contributed by atoms with Crippen LogP contribution in [0.1, 0.15) is 12.8 Å². The Balaban J connectivity index is 2.58. The van der Waals surface area contributed by atoms with Gasteiger partial charge in [-0.2, -0.15) is 0 Å². The lowest BCUT2D eigenvalue weighted by atomic mass is 10.1. The lowest BCUT2D eigenvalue weighted by Crippen LogP contribution is -2.03. The Bertz CT molecular complexity index is 181. The van der Waals surface area contributed by atoms with E-state index in [0.29, 0.717) is 17.4 Å². The summed E-state index contributed by atoms with van der Waals surface area (Å²) in [6.07, 6.45) is 1.59. The molecular weight excluding hydrogens is 136 g/mol. The molecule has 9 heavy (non-hydrogen) atoms. The van der Waals surface area contributed by atoms with Crippen LogP contribution >= 0.6 is 0 Å². The van der Waals surface area contributed by atoms with Crippen molar-refractivity contribution in [3.63, 3.8) is 0 Å². The molecular formula is C6H11O2S. The molecule has 0 bridgehead atoms. The highest BCUT2D eigenvalue weighted by atomic mass is 32.2. The summed E-state index contributed by atoms with van der Waals surface area (Å²) in [7, 11) is -2.65. The second kappa shape index (κ2) is 2.29. The molecule has 1 heterocycles. The molecule has 0 aliphatic carbocycles. The largest absolute Gasteiger partial charge is 0.229 e. The summed E-state index contributed by atoms with van der Waals surface area (Å²) in [5.41, 5.74) is 0. The molecule has 0 spiro atoms. The van der Waals surface area contributed by atoms with Crippen molar-refractivity contribution in [1.82, 2.24) is 0 Å². The first kappa shape index (κ1) is 7.06. The fourth-order valence-corrected chi connectivity index (χ4v) is 3.01. The quantitative estimate of drug-likeness (QED) is 0.545. The predicted molar refractivity (Wildman–Crippen MR) is 36.7 cm³/mol. The molecule has 1 rings (SSSR count). The van der Waals surface area contributed by atoms with Crippen LogP contribution in [-0.2, 0) is 9.84 Å². The lowest BCUT2D eigenvalue weighted by molar-refractivity contribution is 0.589. The highest BCUT2D eigenvalue weighted by Gasteiger charge is 2.25. The van der Waals surface area contributed by atoms with Crippen molar-refractivity contribution in [2.75, 3.05) is 11.5 Å². The number of sulfone groups is 1. The SMILES string of the molecule is [CH2]CC1CCS(=O)(=O)C1. The van der Waals surface area contributed by atoms with Gasteiger partial charge >= 0.3 is 0 Å². The Hall–Kier alpha value is -0.0500. The molecule has 1 aliphatic rings. The predicted octanol–water partition coefficient (Wildman–Crippen LogP) is 0.645. The summed E-state index contributed by atoms with van der Waals surface area (Å²) in [5.74, 6) is 1.10. The normalized spacial score (nSPS) is 32.8. The van der Waals surface area contributed by atoms with Crippen LogP contribution in [0.5, 0.6) is 0 Å². The van der Waals surface area contributed by atoms with Gasteiger partial charge in [-0.05, 0) is 18.8 Å². The summed E-state index contributed by atoms with van der Waals surface area (Å²) < 4.78 is 21.5. The standard InChI is InChI=1S/C6H11O2S/c1-2-6-3-4-9(7,8)5-6/h6H,1-5H2. The van der Waals surface area contributed by atoms with Gasteiger partial charge in [0, 0.05) is 0 Å². The van der Waals surface area contributed by atoms with Gasteiger partial charge in [-0.1, -0.05) is 6.92 Å². The highest BCUT2D eigenvalue weighted by molar-refractivity contribution is 7.91. The average molecular weight is 147 g/mol. The van der Waals surface area contributed by atoms with Crippen LogP contribution in [0.3, 0.4) is 0 Å². The molecule has 0 amide bonds. The second-order valence-corrected chi connectivity index (χ2v) is 4.79. The van der Waals surface area contributed by atoms with E-state index in [9.17, 15) is 8.42 Å². The van der Waals surface area contributed by atoms with Gasteiger partial charge in [0.2, 0.25) is 0 Å². The molecule has 0 aromatic carbocycles. The molecule has 1 fully saturated rings. The Labute approximate surface area is 56.2 Å². The molecule has 2 nitrogen and oxygen atoms in total. The molecule has 1 saturated heterocycles. The summed E-state index contributed by atoms with van der Waals surface area (Å²) in [6, 6.07) is 0. The minimum absolute atomic E-state index is 0.343. The van der Waals surface area contributed by atoms with Crippen LogP contribution in [0, 0.1) is 12.8 Å². The van der Waals surface area contributed by atoms with E-state index in [0.717, 1.165) is 12.8 Å². The maximum Gasteiger partial charge on any atom is 0.150 e. The third-order valence-electron chi connectivity index (χ3n) is 1.73. The number of hydrogen-bond donors (Lipinski definition) is 0. The maximum absolute atomic E-state index is 10.8. The van der Waals surface area contributed by atoms with Crippen LogP contribution in [0.25, 0.3) is 0 Å². The third-order valence-corrected chi connectivity index (χ3v) is 3.57. The molecule has 1 unspecified atom stereocenters. The van der Waals surface area contributed by atoms with Crippen molar-refractivity contribution in [3.8, 4) is 0 Å². The van der Waals surface area contributed by atoms with Crippen LogP contribution in [0.4, 0.5) is 0 Å². The Morgan fingerprint density at radius 3 is 2.44 bits per heavy atom. The molecule has 0 aromatic rings. The van der Waals surface area contributed by atoms with Gasteiger partial charge in [-0.15, -0.1) is 0 Å². The maximum atomic E-state index is 10.8. The minimum Gasteiger partial charge on any atom is -0.229 e. The average Bonchev–Trinajstić information content (AvgIpc) is 2.10. The van der Waals surface area contributed by atoms with Crippen molar-refractivity contribution in [1.29, 1.82) is 0 Å². The van der Waals surface area contributed by atoms with E-state index in [4.69, 9.17) is 0 Å². The van der Waals surface area contributed by atoms with E-state index in [1.54, 1.807) is 0 Å². The first-order valence-corrected chi connectivity index (χ1v) is 4.96. The summed E-state index contributed by atoms with van der Waals surface area (Å²) in [5, 5.41) is 0. The van der Waals surface area contributed by atoms with Crippen LogP contribution in [0.2, 0.25) is 0 Å². The lowest BCUT2D eigenvalue weighted by Gasteiger charge is -1.98. The van der Waals surface area contributed by atoms with E-state index in [2.05, 4.69) is 6.92 Å². The Morgan fingerprint density at radius 1 is 1.56 bits per heavy atom. The zero-order valence-electron chi connectivity index (χ0n) is 5.34. The Kier molecular flexibility index (Phi) is 1.80. The molecule has 0 N–H and O–H groups in total. The minimum atomic E-state index is -2.65. The van der Waals surface area contributed by atoms with E-state index in [-0.39, 0.29) is 0 Å². The van der Waals surface area contributed by atoms with E-state index >= 15 is 0 Å². The molecule has 1 atom stereocenters. The molecule has 1 radical (unpaired) electrons. The zero-order valence-corrected chi connectivity index (χ0v) is 6.15. The molecule has 3 heteroatoms. The molecule has 1 aliphatic heterocycles. The van der Waals surface area contributed by atoms with Gasteiger partial charge in [0.1, 0.15) is 0 Å². The van der Waals surface area contributed by atoms with E-state index in [1.165, 1.54) is 0 Å². The zero-order chi connectivity index (χ0) is 6.91. The third kappa shape index (κ3) is 1.68. The van der Waals surface area contributed by atoms with Gasteiger partial charge in [0.25, 0.3) is 0 Å². The summed E-state index contributed by atoms with van der Waals surface area (Å²) in [4.78, 5) is 0. The Morgan fingerprint density at radius 2 is 2.22 bits per heavy atom. The molecule has 0 aromatic heterocycles. The topological polar surface area (TPSA) is 34.1 Å². The van der Waals surface area contributed by atoms with Gasteiger partial charge < -0.3 is 0 Å². The molecule has 0 saturated carbocycles. The number of hydrogen-bond acceptors (Lipinski definition) is 2. The van der Waals surface area contributed by atoms with Crippen LogP contribution in [-0.4, -0.2) is 19.9 Å². The number of rotatable bonds is 1. The fraction of sp³-hybridized carbons (Fsp3) is 0.833. The first-order chi connectivity index (χ1) is 4.14. The monoisotopic (exact) mass is 147 g/mol. The van der Waals surface area contributed by atoms with Gasteiger partial charge in [0.05, 0.1) is 11.5 Å². The van der Waals surface area contributed by atoms with Gasteiger partial charge in [0.15, 0.2) is 9.84 Å². The van der Waals surface area contributed by atoms with Crippen molar-refractivity contribution in [2.24, 2.45) is 5.92 Å². The van der Waals surface area contributed by atoms with Gasteiger partial charge in [-0.3, -0.25) is 0 Å². The first-order valence-electron chi connectivity index (χ1n) is 3.14. The smallest absolute Gasteiger partial charge is 0.150 e. The van der Waals surface area contributed by atoms with Crippen LogP contribution in [0.15, 0.2) is 0 Å². The molecule has 53 valence electrons. The van der Waals surface area contributed by atoms with E-state index < -0.39 is 9.84 Å². The van der Waals surface area contributed by atoms with Crippen molar-refractivity contribution >= 4 is 9.84 Å². The second-order valence-electron chi connectivity index (χ2n) is 2.56. The summed E-state index contributed by atoms with van der Waals surface area (Å²) in [6.45, 7) is 3.67. The van der Waals surface area contributed by atoms with Crippen LogP contribution < -0.4 is 0 Å².